The van der Waals surface area contributed by atoms with E-state index in [1.165, 1.54) is 11.0 Å². The Morgan fingerprint density at radius 1 is 1.30 bits per heavy atom. The molecule has 1 N–H and O–H groups in total. The van der Waals surface area contributed by atoms with E-state index in [-0.39, 0.29) is 18.4 Å². The SMILES string of the molecule is Cc1ccsc1/C=C/C(=O)N(C)CC(=O)Nc1ccccc1Cl. The number of amides is 2. The van der Waals surface area contributed by atoms with Crippen LogP contribution in [0.3, 0.4) is 0 Å². The van der Waals surface area contributed by atoms with Gasteiger partial charge in [-0.05, 0) is 42.1 Å². The van der Waals surface area contributed by atoms with Crippen molar-refractivity contribution < 1.29 is 9.59 Å². The van der Waals surface area contributed by atoms with Crippen molar-refractivity contribution in [2.24, 2.45) is 0 Å². The molecule has 0 radical (unpaired) electrons. The Morgan fingerprint density at radius 2 is 2.04 bits per heavy atom. The number of nitrogens with zero attached hydrogens (tertiary/aromatic N) is 1. The number of likely N-dealkylation sites (N-methyl/N-ethyl adjacent to an activating group) is 1. The quantitative estimate of drug-likeness (QED) is 0.835. The summed E-state index contributed by atoms with van der Waals surface area (Å²) in [6, 6.07) is 8.96. The minimum absolute atomic E-state index is 0.0438. The standard InChI is InChI=1S/C17H17ClN2O2S/c1-12-9-10-23-15(12)7-8-17(22)20(2)11-16(21)19-14-6-4-3-5-13(14)18/h3-10H,11H2,1-2H3,(H,19,21)/b8-7+. The molecule has 0 aliphatic heterocycles. The van der Waals surface area contributed by atoms with Gasteiger partial charge < -0.3 is 10.2 Å². The fraction of sp³-hybridized carbons (Fsp3) is 0.176. The lowest BCUT2D eigenvalue weighted by molar-refractivity contribution is -0.129. The molecule has 0 aliphatic carbocycles. The topological polar surface area (TPSA) is 49.4 Å². The highest BCUT2D eigenvalue weighted by Crippen LogP contribution is 2.20. The van der Waals surface area contributed by atoms with Crippen LogP contribution in [0.4, 0.5) is 5.69 Å². The van der Waals surface area contributed by atoms with Crippen molar-refractivity contribution in [2.45, 2.75) is 6.92 Å². The van der Waals surface area contributed by atoms with E-state index < -0.39 is 0 Å². The highest BCUT2D eigenvalue weighted by Gasteiger charge is 2.12. The van der Waals surface area contributed by atoms with E-state index in [0.717, 1.165) is 10.4 Å². The fourth-order valence-electron chi connectivity index (χ4n) is 1.88. The minimum atomic E-state index is -0.297. The van der Waals surface area contributed by atoms with Gasteiger partial charge in [-0.15, -0.1) is 11.3 Å². The van der Waals surface area contributed by atoms with Gasteiger partial charge in [0.15, 0.2) is 0 Å². The predicted molar refractivity (Wildman–Crippen MR) is 95.8 cm³/mol. The molecule has 4 nitrogen and oxygen atoms in total. The Kier molecular flexibility index (Phi) is 5.96. The molecule has 120 valence electrons. The van der Waals surface area contributed by atoms with Crippen molar-refractivity contribution in [1.29, 1.82) is 0 Å². The lowest BCUT2D eigenvalue weighted by Crippen LogP contribution is -2.33. The summed E-state index contributed by atoms with van der Waals surface area (Å²) in [6.07, 6.45) is 3.24. The van der Waals surface area contributed by atoms with Gasteiger partial charge in [0.1, 0.15) is 0 Å². The number of hydrogen-bond acceptors (Lipinski definition) is 3. The lowest BCUT2D eigenvalue weighted by Gasteiger charge is -2.15. The van der Waals surface area contributed by atoms with E-state index in [1.54, 1.807) is 48.7 Å². The molecule has 0 atom stereocenters. The first-order valence-corrected chi connectivity index (χ1v) is 8.25. The summed E-state index contributed by atoms with van der Waals surface area (Å²) < 4.78 is 0. The zero-order valence-electron chi connectivity index (χ0n) is 12.9. The van der Waals surface area contributed by atoms with Crippen molar-refractivity contribution in [1.82, 2.24) is 4.90 Å². The van der Waals surface area contributed by atoms with E-state index in [0.29, 0.717) is 10.7 Å². The zero-order chi connectivity index (χ0) is 16.8. The second-order valence-electron chi connectivity index (χ2n) is 5.02. The number of para-hydroxylation sites is 1. The molecule has 23 heavy (non-hydrogen) atoms. The van der Waals surface area contributed by atoms with E-state index in [1.807, 2.05) is 18.4 Å². The van der Waals surface area contributed by atoms with Crippen LogP contribution in [0, 0.1) is 6.92 Å². The molecular formula is C17H17ClN2O2S. The van der Waals surface area contributed by atoms with Crippen LogP contribution in [0.5, 0.6) is 0 Å². The number of anilines is 1. The Morgan fingerprint density at radius 3 is 2.70 bits per heavy atom. The molecule has 1 aromatic carbocycles. The monoisotopic (exact) mass is 348 g/mol. The highest BCUT2D eigenvalue weighted by atomic mass is 35.5. The molecule has 0 saturated heterocycles. The molecule has 0 spiro atoms. The van der Waals surface area contributed by atoms with Crippen LogP contribution in [0.2, 0.25) is 5.02 Å². The van der Waals surface area contributed by atoms with Crippen molar-refractivity contribution in [3.05, 3.63) is 57.3 Å². The number of hydrogen-bond donors (Lipinski definition) is 1. The average molecular weight is 349 g/mol. The van der Waals surface area contributed by atoms with Crippen LogP contribution in [0.25, 0.3) is 6.08 Å². The molecule has 1 aromatic heterocycles. The Labute approximate surface area is 144 Å². The van der Waals surface area contributed by atoms with Gasteiger partial charge in [-0.3, -0.25) is 9.59 Å². The number of aryl methyl sites for hydroxylation is 1. The van der Waals surface area contributed by atoms with Gasteiger partial charge in [0.25, 0.3) is 0 Å². The molecule has 1 heterocycles. The lowest BCUT2D eigenvalue weighted by atomic mass is 10.2. The smallest absolute Gasteiger partial charge is 0.246 e. The molecule has 0 aliphatic rings. The summed E-state index contributed by atoms with van der Waals surface area (Å²) in [6.45, 7) is 1.94. The second-order valence-corrected chi connectivity index (χ2v) is 6.38. The third-order valence-corrected chi connectivity index (χ3v) is 4.50. The number of halogens is 1. The van der Waals surface area contributed by atoms with Crippen LogP contribution in [0.1, 0.15) is 10.4 Å². The Bertz CT molecular complexity index is 740. The number of thiophene rings is 1. The zero-order valence-corrected chi connectivity index (χ0v) is 14.4. The Hall–Kier alpha value is -2.11. The van der Waals surface area contributed by atoms with Gasteiger partial charge in [-0.25, -0.2) is 0 Å². The van der Waals surface area contributed by atoms with Gasteiger partial charge in [-0.2, -0.15) is 0 Å². The first kappa shape index (κ1) is 17.2. The van der Waals surface area contributed by atoms with E-state index in [2.05, 4.69) is 5.32 Å². The molecule has 0 saturated carbocycles. The maximum absolute atomic E-state index is 12.0. The van der Waals surface area contributed by atoms with E-state index in [4.69, 9.17) is 11.6 Å². The van der Waals surface area contributed by atoms with Crippen molar-refractivity contribution in [3.8, 4) is 0 Å². The van der Waals surface area contributed by atoms with Crippen LogP contribution in [0.15, 0.2) is 41.8 Å². The number of benzene rings is 1. The summed E-state index contributed by atoms with van der Waals surface area (Å²) in [5.41, 5.74) is 1.66. The van der Waals surface area contributed by atoms with Gasteiger partial charge in [0, 0.05) is 18.0 Å². The largest absolute Gasteiger partial charge is 0.333 e. The van der Waals surface area contributed by atoms with Crippen LogP contribution >= 0.6 is 22.9 Å². The number of carbonyl (C=O) groups excluding carboxylic acids is 2. The number of carbonyl (C=O) groups is 2. The predicted octanol–water partition coefficient (Wildman–Crippen LogP) is 3.82. The van der Waals surface area contributed by atoms with Crippen molar-refractivity contribution in [2.75, 3.05) is 18.9 Å². The highest BCUT2D eigenvalue weighted by molar-refractivity contribution is 7.11. The molecule has 6 heteroatoms. The van der Waals surface area contributed by atoms with E-state index >= 15 is 0 Å². The summed E-state index contributed by atoms with van der Waals surface area (Å²) >= 11 is 7.55. The third-order valence-electron chi connectivity index (χ3n) is 3.18. The third kappa shape index (κ3) is 4.94. The van der Waals surface area contributed by atoms with Crippen molar-refractivity contribution >= 4 is 46.5 Å². The average Bonchev–Trinajstić information content (AvgIpc) is 2.92. The molecule has 0 fully saturated rings. The fourth-order valence-corrected chi connectivity index (χ4v) is 2.88. The molecule has 0 bridgehead atoms. The van der Waals surface area contributed by atoms with Gasteiger partial charge in [-0.1, -0.05) is 23.7 Å². The first-order chi connectivity index (χ1) is 11.0. The molecule has 2 amide bonds. The second kappa shape index (κ2) is 7.94. The molecular weight excluding hydrogens is 332 g/mol. The maximum atomic E-state index is 12.0. The number of nitrogens with one attached hydrogen (secondary N) is 1. The van der Waals surface area contributed by atoms with Crippen LogP contribution in [-0.2, 0) is 9.59 Å². The normalized spacial score (nSPS) is 10.7. The summed E-state index contributed by atoms with van der Waals surface area (Å²) in [5, 5.41) is 5.12. The van der Waals surface area contributed by atoms with Gasteiger partial charge in [0.05, 0.1) is 17.3 Å². The number of rotatable bonds is 5. The van der Waals surface area contributed by atoms with Gasteiger partial charge >= 0.3 is 0 Å². The first-order valence-electron chi connectivity index (χ1n) is 6.99. The van der Waals surface area contributed by atoms with E-state index in [9.17, 15) is 9.59 Å². The summed E-state index contributed by atoms with van der Waals surface area (Å²) in [7, 11) is 1.58. The van der Waals surface area contributed by atoms with Crippen LogP contribution in [-0.4, -0.2) is 30.3 Å². The molecule has 2 aromatic rings. The Balaban J connectivity index is 1.90. The van der Waals surface area contributed by atoms with Crippen molar-refractivity contribution in [3.63, 3.8) is 0 Å². The molecule has 2 rings (SSSR count). The molecule has 0 unspecified atom stereocenters. The van der Waals surface area contributed by atoms with Gasteiger partial charge in [0.2, 0.25) is 11.8 Å². The summed E-state index contributed by atoms with van der Waals surface area (Å²) in [5.74, 6) is -0.526. The van der Waals surface area contributed by atoms with Crippen LogP contribution < -0.4 is 5.32 Å². The maximum Gasteiger partial charge on any atom is 0.246 e. The minimum Gasteiger partial charge on any atom is -0.333 e. The summed E-state index contributed by atoms with van der Waals surface area (Å²) in [4.78, 5) is 26.4.